The molecule has 0 unspecified atom stereocenters. The smallest absolute Gasteiger partial charge is 0.311 e. The summed E-state index contributed by atoms with van der Waals surface area (Å²) in [5.74, 6) is -0.224. The summed E-state index contributed by atoms with van der Waals surface area (Å²) >= 11 is 0. The lowest BCUT2D eigenvalue weighted by Crippen LogP contribution is -2.04. The van der Waals surface area contributed by atoms with E-state index >= 15 is 0 Å². The average Bonchev–Trinajstić information content (AvgIpc) is 2.28. The summed E-state index contributed by atoms with van der Waals surface area (Å²) in [7, 11) is 0. The maximum atomic E-state index is 11.4. The highest BCUT2D eigenvalue weighted by atomic mass is 16.6. The highest BCUT2D eigenvalue weighted by molar-refractivity contribution is 5.98. The number of carbonyl (C=O) groups is 1. The number of Topliss-reactive ketones (excluding diaryl/α,β-unsaturated/α-hetero) is 1. The molecule has 0 spiro atoms. The van der Waals surface area contributed by atoms with Gasteiger partial charge < -0.3 is 4.74 Å². The molecule has 0 radical (unpaired) electrons. The van der Waals surface area contributed by atoms with Crippen LogP contribution in [0.2, 0.25) is 0 Å². The number of ketones is 1. The number of carbonyl (C=O) groups excluding carboxylic acids is 1. The first-order valence-corrected chi connectivity index (χ1v) is 5.48. The molecule has 5 heteroatoms. The molecule has 1 rings (SSSR count). The van der Waals surface area contributed by atoms with E-state index in [1.165, 1.54) is 25.1 Å². The summed E-state index contributed by atoms with van der Waals surface area (Å²) in [5.41, 5.74) is 1.08. The molecule has 18 heavy (non-hydrogen) atoms. The first-order valence-electron chi connectivity index (χ1n) is 5.48. The Morgan fingerprint density at radius 1 is 1.39 bits per heavy atom. The van der Waals surface area contributed by atoms with Gasteiger partial charge in [-0.25, -0.2) is 0 Å². The summed E-state index contributed by atoms with van der Waals surface area (Å²) in [6.07, 6.45) is 1.79. The Hall–Kier alpha value is -2.17. The zero-order valence-electron chi connectivity index (χ0n) is 10.6. The van der Waals surface area contributed by atoms with Crippen molar-refractivity contribution < 1.29 is 14.5 Å². The van der Waals surface area contributed by atoms with Crippen molar-refractivity contribution >= 4 is 11.5 Å². The molecule has 0 bridgehead atoms. The predicted octanol–water partition coefficient (Wildman–Crippen LogP) is 3.14. The molecule has 0 aliphatic rings. The zero-order valence-corrected chi connectivity index (χ0v) is 10.6. The second-order valence-corrected chi connectivity index (χ2v) is 4.06. The largest absolute Gasteiger partial charge is 0.482 e. The molecule has 0 N–H and O–H groups in total. The van der Waals surface area contributed by atoms with Crippen molar-refractivity contribution in [1.29, 1.82) is 0 Å². The number of nitro benzene ring substituents is 1. The summed E-state index contributed by atoms with van der Waals surface area (Å²) < 4.78 is 5.36. The minimum Gasteiger partial charge on any atom is -0.482 e. The Labute approximate surface area is 105 Å². The number of nitro groups is 1. The van der Waals surface area contributed by atoms with E-state index in [1.54, 1.807) is 6.08 Å². The molecular formula is C13H15NO4. The molecule has 1 aromatic carbocycles. The number of nitrogens with zero attached hydrogens (tertiary/aromatic N) is 1. The molecule has 0 amide bonds. The van der Waals surface area contributed by atoms with E-state index in [4.69, 9.17) is 4.74 Å². The lowest BCUT2D eigenvalue weighted by atomic mass is 10.1. The van der Waals surface area contributed by atoms with Gasteiger partial charge in [-0.05, 0) is 32.9 Å². The number of allylic oxidation sites excluding steroid dienone is 1. The van der Waals surface area contributed by atoms with Gasteiger partial charge in [0.15, 0.2) is 5.78 Å². The standard InChI is InChI=1S/C13H15NO4/c1-9(2)7-8-18-13-11(10(3)15)5-4-6-12(13)14(16)17/h4-7H,8H2,1-3H3. The first-order chi connectivity index (χ1) is 8.43. The average molecular weight is 249 g/mol. The van der Waals surface area contributed by atoms with E-state index in [0.29, 0.717) is 0 Å². The van der Waals surface area contributed by atoms with Crippen LogP contribution in [0.3, 0.4) is 0 Å². The molecule has 5 nitrogen and oxygen atoms in total. The molecular weight excluding hydrogens is 234 g/mol. The molecule has 0 aromatic heterocycles. The molecule has 96 valence electrons. The van der Waals surface area contributed by atoms with Crippen LogP contribution in [-0.2, 0) is 0 Å². The summed E-state index contributed by atoms with van der Waals surface area (Å²) in [5, 5.41) is 10.9. The number of hydrogen-bond acceptors (Lipinski definition) is 4. The van der Waals surface area contributed by atoms with Crippen molar-refractivity contribution in [2.24, 2.45) is 0 Å². The lowest BCUT2D eigenvalue weighted by molar-refractivity contribution is -0.385. The SMILES string of the molecule is CC(=O)c1cccc([N+](=O)[O-])c1OCC=C(C)C. The molecule has 0 saturated carbocycles. The second kappa shape index (κ2) is 5.95. The fourth-order valence-corrected chi connectivity index (χ4v) is 1.39. The summed E-state index contributed by atoms with van der Waals surface area (Å²) in [6, 6.07) is 4.32. The van der Waals surface area contributed by atoms with Crippen molar-refractivity contribution in [3.63, 3.8) is 0 Å². The molecule has 0 fully saturated rings. The molecule has 0 saturated heterocycles. The van der Waals surface area contributed by atoms with E-state index in [9.17, 15) is 14.9 Å². The van der Waals surface area contributed by atoms with Crippen molar-refractivity contribution in [3.8, 4) is 5.75 Å². The van der Waals surface area contributed by atoms with Crippen LogP contribution in [0, 0.1) is 10.1 Å². The second-order valence-electron chi connectivity index (χ2n) is 4.06. The number of ether oxygens (including phenoxy) is 1. The molecule has 1 aromatic rings. The highest BCUT2D eigenvalue weighted by Gasteiger charge is 2.20. The van der Waals surface area contributed by atoms with Crippen LogP contribution < -0.4 is 4.74 Å². The van der Waals surface area contributed by atoms with Crippen molar-refractivity contribution in [3.05, 3.63) is 45.5 Å². The van der Waals surface area contributed by atoms with E-state index in [-0.39, 0.29) is 29.4 Å². The van der Waals surface area contributed by atoms with E-state index in [2.05, 4.69) is 0 Å². The Morgan fingerprint density at radius 2 is 2.06 bits per heavy atom. The fourth-order valence-electron chi connectivity index (χ4n) is 1.39. The number of para-hydroxylation sites is 1. The monoisotopic (exact) mass is 249 g/mol. The van der Waals surface area contributed by atoms with Gasteiger partial charge in [0.1, 0.15) is 6.61 Å². The maximum Gasteiger partial charge on any atom is 0.311 e. The van der Waals surface area contributed by atoms with Gasteiger partial charge in [0.05, 0.1) is 10.5 Å². The van der Waals surface area contributed by atoms with Crippen LogP contribution in [0.5, 0.6) is 5.75 Å². The van der Waals surface area contributed by atoms with Gasteiger partial charge in [-0.3, -0.25) is 14.9 Å². The maximum absolute atomic E-state index is 11.4. The van der Waals surface area contributed by atoms with Crippen molar-refractivity contribution in [2.45, 2.75) is 20.8 Å². The van der Waals surface area contributed by atoms with Crippen LogP contribution in [0.25, 0.3) is 0 Å². The quantitative estimate of drug-likeness (QED) is 0.348. The van der Waals surface area contributed by atoms with Gasteiger partial charge in [0, 0.05) is 6.07 Å². The van der Waals surface area contributed by atoms with Crippen LogP contribution in [-0.4, -0.2) is 17.3 Å². The number of benzene rings is 1. The van der Waals surface area contributed by atoms with E-state index in [0.717, 1.165) is 5.57 Å². The molecule has 0 heterocycles. The van der Waals surface area contributed by atoms with Gasteiger partial charge in [-0.2, -0.15) is 0 Å². The first kappa shape index (κ1) is 13.9. The van der Waals surface area contributed by atoms with Crippen LogP contribution in [0.15, 0.2) is 29.8 Å². The predicted molar refractivity (Wildman–Crippen MR) is 68.0 cm³/mol. The Balaban J connectivity index is 3.15. The summed E-state index contributed by atoms with van der Waals surface area (Å²) in [4.78, 5) is 21.8. The topological polar surface area (TPSA) is 69.4 Å². The van der Waals surface area contributed by atoms with Gasteiger partial charge in [-0.1, -0.05) is 11.6 Å². The van der Waals surface area contributed by atoms with Crippen LogP contribution in [0.1, 0.15) is 31.1 Å². The van der Waals surface area contributed by atoms with Crippen molar-refractivity contribution in [1.82, 2.24) is 0 Å². The Morgan fingerprint density at radius 3 is 2.56 bits per heavy atom. The number of hydrogen-bond donors (Lipinski definition) is 0. The third-order valence-corrected chi connectivity index (χ3v) is 2.29. The molecule has 0 aliphatic carbocycles. The molecule has 0 aliphatic heterocycles. The van der Waals surface area contributed by atoms with Gasteiger partial charge in [-0.15, -0.1) is 0 Å². The summed E-state index contributed by atoms with van der Waals surface area (Å²) in [6.45, 7) is 5.35. The minimum atomic E-state index is -0.551. The van der Waals surface area contributed by atoms with E-state index in [1.807, 2.05) is 13.8 Å². The third kappa shape index (κ3) is 3.41. The Kier molecular flexibility index (Phi) is 4.59. The number of rotatable bonds is 5. The lowest BCUT2D eigenvalue weighted by Gasteiger charge is -2.08. The minimum absolute atomic E-state index is 0.0347. The van der Waals surface area contributed by atoms with Crippen LogP contribution in [0.4, 0.5) is 5.69 Å². The van der Waals surface area contributed by atoms with Gasteiger partial charge >= 0.3 is 5.69 Å². The fraction of sp³-hybridized carbons (Fsp3) is 0.308. The normalized spacial score (nSPS) is 9.72. The molecule has 0 atom stereocenters. The zero-order chi connectivity index (χ0) is 13.7. The van der Waals surface area contributed by atoms with Crippen molar-refractivity contribution in [2.75, 3.05) is 6.61 Å². The Bertz CT molecular complexity index is 469. The van der Waals surface area contributed by atoms with E-state index < -0.39 is 4.92 Å². The highest BCUT2D eigenvalue weighted by Crippen LogP contribution is 2.31. The van der Waals surface area contributed by atoms with Crippen LogP contribution >= 0.6 is 0 Å². The third-order valence-electron chi connectivity index (χ3n) is 2.29. The van der Waals surface area contributed by atoms with Gasteiger partial charge in [0.25, 0.3) is 0 Å². The van der Waals surface area contributed by atoms with Gasteiger partial charge in [0.2, 0.25) is 5.75 Å².